The molecule has 0 heterocycles. The second-order valence-electron chi connectivity index (χ2n) is 4.14. The molecule has 2 atom stereocenters. The highest BCUT2D eigenvalue weighted by Gasteiger charge is 2.28. The summed E-state index contributed by atoms with van der Waals surface area (Å²) in [6.07, 6.45) is -0.407. The molecular weight excluding hydrogens is 231 g/mol. The first kappa shape index (κ1) is 13.4. The van der Waals surface area contributed by atoms with E-state index in [9.17, 15) is 14.6 Å². The molecule has 0 amide bonds. The van der Waals surface area contributed by atoms with Crippen molar-refractivity contribution in [2.75, 3.05) is 0 Å². The van der Waals surface area contributed by atoms with E-state index in [2.05, 4.69) is 0 Å². The normalized spacial score (nSPS) is 16.9. The van der Waals surface area contributed by atoms with Crippen molar-refractivity contribution in [1.82, 2.24) is 0 Å². The summed E-state index contributed by atoms with van der Waals surface area (Å²) in [5, 5.41) is 19.6. The first-order chi connectivity index (χ1) is 7.38. The van der Waals surface area contributed by atoms with Crippen LogP contribution in [-0.4, -0.2) is 21.9 Å². The average Bonchev–Trinajstić information content (AvgIpc) is 2.24. The van der Waals surface area contributed by atoms with Gasteiger partial charge >= 0.3 is 0 Å². The van der Waals surface area contributed by atoms with E-state index >= 15 is 0 Å². The lowest BCUT2D eigenvalue weighted by Gasteiger charge is -2.28. The molecule has 4 heteroatoms. The molecule has 0 saturated heterocycles. The smallest absolute Gasteiger partial charge is 0.142 e. The van der Waals surface area contributed by atoms with Crippen molar-refractivity contribution < 1.29 is 14.6 Å². The molecule has 0 saturated carbocycles. The van der Waals surface area contributed by atoms with Crippen LogP contribution in [0.3, 0.4) is 0 Å². The predicted octanol–water partition coefficient (Wildman–Crippen LogP) is 2.54. The SMILES string of the molecule is CCC(C)(O)C(O)Cc1cccc(F)c1Cl. The molecule has 0 aliphatic carbocycles. The minimum absolute atomic E-state index is 0.00783. The lowest BCUT2D eigenvalue weighted by atomic mass is 9.91. The van der Waals surface area contributed by atoms with E-state index in [-0.39, 0.29) is 11.4 Å². The number of aliphatic hydroxyl groups excluding tert-OH is 1. The maximum atomic E-state index is 13.1. The van der Waals surface area contributed by atoms with E-state index < -0.39 is 17.5 Å². The van der Waals surface area contributed by atoms with Gasteiger partial charge in [0.15, 0.2) is 0 Å². The first-order valence-corrected chi connectivity index (χ1v) is 5.59. The number of aliphatic hydroxyl groups is 2. The lowest BCUT2D eigenvalue weighted by molar-refractivity contribution is -0.0629. The molecule has 0 fully saturated rings. The Hall–Kier alpha value is -0.640. The fraction of sp³-hybridized carbons (Fsp3) is 0.500. The lowest BCUT2D eigenvalue weighted by Crippen LogP contribution is -2.40. The minimum Gasteiger partial charge on any atom is -0.390 e. The topological polar surface area (TPSA) is 40.5 Å². The fourth-order valence-electron chi connectivity index (χ4n) is 1.37. The summed E-state index contributed by atoms with van der Waals surface area (Å²) in [4.78, 5) is 0. The van der Waals surface area contributed by atoms with Gasteiger partial charge in [0, 0.05) is 6.42 Å². The van der Waals surface area contributed by atoms with E-state index in [1.54, 1.807) is 19.9 Å². The van der Waals surface area contributed by atoms with Crippen LogP contribution in [0.5, 0.6) is 0 Å². The Balaban J connectivity index is 2.85. The summed E-state index contributed by atoms with van der Waals surface area (Å²) in [6, 6.07) is 4.43. The quantitative estimate of drug-likeness (QED) is 0.857. The van der Waals surface area contributed by atoms with Crippen LogP contribution in [-0.2, 0) is 6.42 Å². The van der Waals surface area contributed by atoms with Crippen molar-refractivity contribution in [3.63, 3.8) is 0 Å². The number of hydrogen-bond acceptors (Lipinski definition) is 2. The Morgan fingerprint density at radius 2 is 2.12 bits per heavy atom. The van der Waals surface area contributed by atoms with Crippen LogP contribution < -0.4 is 0 Å². The van der Waals surface area contributed by atoms with Crippen LogP contribution in [0.1, 0.15) is 25.8 Å². The monoisotopic (exact) mass is 246 g/mol. The van der Waals surface area contributed by atoms with Gasteiger partial charge in [-0.3, -0.25) is 0 Å². The van der Waals surface area contributed by atoms with Gasteiger partial charge < -0.3 is 10.2 Å². The third-order valence-electron chi connectivity index (χ3n) is 2.88. The molecule has 2 N–H and O–H groups in total. The highest BCUT2D eigenvalue weighted by molar-refractivity contribution is 6.31. The highest BCUT2D eigenvalue weighted by atomic mass is 35.5. The molecule has 1 aromatic rings. The maximum Gasteiger partial charge on any atom is 0.142 e. The van der Waals surface area contributed by atoms with Crippen LogP contribution in [0.4, 0.5) is 4.39 Å². The van der Waals surface area contributed by atoms with Crippen molar-refractivity contribution in [1.29, 1.82) is 0 Å². The van der Waals surface area contributed by atoms with E-state index in [1.807, 2.05) is 0 Å². The third-order valence-corrected chi connectivity index (χ3v) is 3.30. The Bertz CT molecular complexity index is 366. The molecule has 0 aromatic heterocycles. The largest absolute Gasteiger partial charge is 0.390 e. The summed E-state index contributed by atoms with van der Waals surface area (Å²) < 4.78 is 13.1. The predicted molar refractivity (Wildman–Crippen MR) is 62.0 cm³/mol. The van der Waals surface area contributed by atoms with E-state index in [0.717, 1.165) is 0 Å². The van der Waals surface area contributed by atoms with E-state index in [0.29, 0.717) is 12.0 Å². The zero-order chi connectivity index (χ0) is 12.3. The number of benzene rings is 1. The van der Waals surface area contributed by atoms with E-state index in [1.165, 1.54) is 12.1 Å². The van der Waals surface area contributed by atoms with Crippen LogP contribution in [0.2, 0.25) is 5.02 Å². The number of hydrogen-bond donors (Lipinski definition) is 2. The van der Waals surface area contributed by atoms with Crippen LogP contribution in [0.25, 0.3) is 0 Å². The second kappa shape index (κ2) is 5.13. The maximum absolute atomic E-state index is 13.1. The van der Waals surface area contributed by atoms with Crippen molar-refractivity contribution >= 4 is 11.6 Å². The van der Waals surface area contributed by atoms with Crippen molar-refractivity contribution in [2.45, 2.75) is 38.4 Å². The van der Waals surface area contributed by atoms with Gasteiger partial charge in [-0.1, -0.05) is 30.7 Å². The molecular formula is C12H16ClFO2. The summed E-state index contributed by atoms with van der Waals surface area (Å²) in [7, 11) is 0. The molecule has 0 spiro atoms. The summed E-state index contributed by atoms with van der Waals surface area (Å²) >= 11 is 5.76. The molecule has 16 heavy (non-hydrogen) atoms. The molecule has 0 aliphatic heterocycles. The van der Waals surface area contributed by atoms with Gasteiger partial charge in [0.2, 0.25) is 0 Å². The number of halogens is 2. The molecule has 1 aromatic carbocycles. The fourth-order valence-corrected chi connectivity index (χ4v) is 1.57. The Morgan fingerprint density at radius 3 is 2.69 bits per heavy atom. The summed E-state index contributed by atoms with van der Waals surface area (Å²) in [5.74, 6) is -0.512. The van der Waals surface area contributed by atoms with Gasteiger partial charge in [0.05, 0.1) is 16.7 Å². The summed E-state index contributed by atoms with van der Waals surface area (Å²) in [6.45, 7) is 3.32. The molecule has 0 aliphatic rings. The molecule has 0 bridgehead atoms. The van der Waals surface area contributed by atoms with Gasteiger partial charge in [0.25, 0.3) is 0 Å². The van der Waals surface area contributed by atoms with Gasteiger partial charge in [-0.25, -0.2) is 4.39 Å². The highest BCUT2D eigenvalue weighted by Crippen LogP contribution is 2.24. The minimum atomic E-state index is -1.18. The van der Waals surface area contributed by atoms with Crippen LogP contribution in [0, 0.1) is 5.82 Å². The second-order valence-corrected chi connectivity index (χ2v) is 4.52. The van der Waals surface area contributed by atoms with Crippen LogP contribution in [0.15, 0.2) is 18.2 Å². The van der Waals surface area contributed by atoms with Gasteiger partial charge in [-0.2, -0.15) is 0 Å². The zero-order valence-corrected chi connectivity index (χ0v) is 10.1. The van der Waals surface area contributed by atoms with Gasteiger partial charge in [-0.15, -0.1) is 0 Å². The van der Waals surface area contributed by atoms with Crippen molar-refractivity contribution in [3.05, 3.63) is 34.6 Å². The first-order valence-electron chi connectivity index (χ1n) is 5.21. The molecule has 2 unspecified atom stereocenters. The molecule has 0 radical (unpaired) electrons. The molecule has 1 rings (SSSR count). The average molecular weight is 247 g/mol. The Labute approximate surface area is 99.7 Å². The molecule has 90 valence electrons. The van der Waals surface area contributed by atoms with Gasteiger partial charge in [0.1, 0.15) is 5.82 Å². The molecule has 2 nitrogen and oxygen atoms in total. The van der Waals surface area contributed by atoms with Crippen molar-refractivity contribution in [2.24, 2.45) is 0 Å². The third kappa shape index (κ3) is 2.94. The Morgan fingerprint density at radius 1 is 1.50 bits per heavy atom. The number of rotatable bonds is 4. The Kier molecular flexibility index (Phi) is 4.30. The standard InChI is InChI=1S/C12H16ClFO2/c1-3-12(2,16)10(15)7-8-5-4-6-9(14)11(8)13/h4-6,10,15-16H,3,7H2,1-2H3. The van der Waals surface area contributed by atoms with Crippen molar-refractivity contribution in [3.8, 4) is 0 Å². The van der Waals surface area contributed by atoms with Gasteiger partial charge in [-0.05, 0) is 25.0 Å². The van der Waals surface area contributed by atoms with Crippen LogP contribution >= 0.6 is 11.6 Å². The zero-order valence-electron chi connectivity index (χ0n) is 9.37. The summed E-state index contributed by atoms with van der Waals surface area (Å²) in [5.41, 5.74) is -0.682. The van der Waals surface area contributed by atoms with E-state index in [4.69, 9.17) is 11.6 Å².